The Bertz CT molecular complexity index is 602. The lowest BCUT2D eigenvalue weighted by Crippen LogP contribution is -2.20. The molecule has 5 heteroatoms. The van der Waals surface area contributed by atoms with E-state index in [1.54, 1.807) is 18.3 Å². The summed E-state index contributed by atoms with van der Waals surface area (Å²) in [7, 11) is 0. The highest BCUT2D eigenvalue weighted by Crippen LogP contribution is 2.19. The largest absolute Gasteiger partial charge is 0.424 e. The van der Waals surface area contributed by atoms with E-state index in [-0.39, 0.29) is 11.8 Å². The van der Waals surface area contributed by atoms with Gasteiger partial charge >= 0.3 is 6.01 Å². The zero-order chi connectivity index (χ0) is 15.2. The molecule has 21 heavy (non-hydrogen) atoms. The number of aryl methyl sites for hydroxylation is 1. The lowest BCUT2D eigenvalue weighted by molar-refractivity contribution is 0.435. The highest BCUT2D eigenvalue weighted by Gasteiger charge is 2.06. The molecule has 0 saturated heterocycles. The van der Waals surface area contributed by atoms with Gasteiger partial charge in [0.1, 0.15) is 11.6 Å². The van der Waals surface area contributed by atoms with Gasteiger partial charge in [-0.3, -0.25) is 0 Å². The van der Waals surface area contributed by atoms with Crippen LogP contribution in [-0.2, 0) is 6.54 Å². The third-order valence-electron chi connectivity index (χ3n) is 2.93. The summed E-state index contributed by atoms with van der Waals surface area (Å²) in [5.41, 5.74) is 1.88. The van der Waals surface area contributed by atoms with Crippen molar-refractivity contribution in [3.8, 4) is 11.8 Å². The number of ether oxygens (including phenoxy) is 1. The van der Waals surface area contributed by atoms with Crippen molar-refractivity contribution in [1.29, 1.82) is 0 Å². The van der Waals surface area contributed by atoms with Crippen molar-refractivity contribution in [1.82, 2.24) is 15.3 Å². The van der Waals surface area contributed by atoms with Crippen molar-refractivity contribution < 1.29 is 9.13 Å². The molecule has 0 aliphatic rings. The van der Waals surface area contributed by atoms with Crippen molar-refractivity contribution in [2.75, 3.05) is 6.54 Å². The van der Waals surface area contributed by atoms with Gasteiger partial charge in [-0.2, -0.15) is 4.98 Å². The van der Waals surface area contributed by atoms with Gasteiger partial charge in [-0.1, -0.05) is 19.9 Å². The fourth-order valence-corrected chi connectivity index (χ4v) is 1.82. The number of hydrogen-bond acceptors (Lipinski definition) is 4. The van der Waals surface area contributed by atoms with Crippen LogP contribution in [-0.4, -0.2) is 16.5 Å². The van der Waals surface area contributed by atoms with Crippen LogP contribution in [0.4, 0.5) is 4.39 Å². The maximum absolute atomic E-state index is 13.1. The van der Waals surface area contributed by atoms with Gasteiger partial charge in [0.05, 0.1) is 0 Å². The first-order valence-electron chi connectivity index (χ1n) is 7.01. The smallest absolute Gasteiger partial charge is 0.322 e. The molecule has 4 nitrogen and oxygen atoms in total. The molecule has 0 aliphatic heterocycles. The molecule has 0 atom stereocenters. The maximum Gasteiger partial charge on any atom is 0.322 e. The molecule has 1 heterocycles. The number of rotatable bonds is 6. The Balaban J connectivity index is 2.01. The minimum absolute atomic E-state index is 0.228. The third kappa shape index (κ3) is 4.79. The molecule has 0 spiro atoms. The molecule has 2 rings (SSSR count). The summed E-state index contributed by atoms with van der Waals surface area (Å²) in [6.07, 6.45) is 1.74. The van der Waals surface area contributed by atoms with Crippen LogP contribution >= 0.6 is 0 Å². The summed E-state index contributed by atoms with van der Waals surface area (Å²) < 4.78 is 18.5. The summed E-state index contributed by atoms with van der Waals surface area (Å²) in [5, 5.41) is 3.35. The number of nitrogens with one attached hydrogen (secondary N) is 1. The minimum Gasteiger partial charge on any atom is -0.424 e. The Morgan fingerprint density at radius 2 is 2.14 bits per heavy atom. The summed E-state index contributed by atoms with van der Waals surface area (Å²) in [5.74, 6) is 0.639. The molecule has 0 fully saturated rings. The molecule has 112 valence electrons. The minimum atomic E-state index is -0.348. The first-order valence-corrected chi connectivity index (χ1v) is 7.01. The molecule has 0 unspecified atom stereocenters. The van der Waals surface area contributed by atoms with Crippen molar-refractivity contribution in [2.45, 2.75) is 27.3 Å². The Kier molecular flexibility index (Phi) is 5.22. The first-order chi connectivity index (χ1) is 10.0. The fraction of sp³-hybridized carbons (Fsp3) is 0.375. The number of aromatic nitrogens is 2. The highest BCUT2D eigenvalue weighted by atomic mass is 19.1. The Labute approximate surface area is 124 Å². The quantitative estimate of drug-likeness (QED) is 0.884. The van der Waals surface area contributed by atoms with Gasteiger partial charge in [-0.15, -0.1) is 0 Å². The van der Waals surface area contributed by atoms with E-state index in [1.165, 1.54) is 12.1 Å². The molecule has 0 aliphatic carbocycles. The van der Waals surface area contributed by atoms with Gasteiger partial charge in [0.2, 0.25) is 0 Å². The predicted molar refractivity (Wildman–Crippen MR) is 79.8 cm³/mol. The predicted octanol–water partition coefficient (Wildman–Crippen LogP) is 3.46. The van der Waals surface area contributed by atoms with Crippen LogP contribution in [0.25, 0.3) is 0 Å². The molecule has 0 bridgehead atoms. The van der Waals surface area contributed by atoms with Crippen LogP contribution in [0.15, 0.2) is 30.5 Å². The number of nitrogens with zero attached hydrogens (tertiary/aromatic N) is 2. The Hall–Kier alpha value is -2.01. The lowest BCUT2D eigenvalue weighted by atomic mass is 10.2. The zero-order valence-electron chi connectivity index (χ0n) is 12.6. The van der Waals surface area contributed by atoms with Crippen LogP contribution < -0.4 is 10.1 Å². The topological polar surface area (TPSA) is 47.0 Å². The number of benzene rings is 1. The molecule has 0 saturated carbocycles. The molecule has 1 N–H and O–H groups in total. The maximum atomic E-state index is 13.1. The summed E-state index contributed by atoms with van der Waals surface area (Å²) in [4.78, 5) is 8.47. The second-order valence-electron chi connectivity index (χ2n) is 5.35. The molecule has 1 aromatic heterocycles. The van der Waals surface area contributed by atoms with E-state index in [2.05, 4.69) is 29.1 Å². The van der Waals surface area contributed by atoms with Gasteiger partial charge in [-0.05, 0) is 31.5 Å². The van der Waals surface area contributed by atoms with Crippen molar-refractivity contribution in [3.63, 3.8) is 0 Å². The second-order valence-corrected chi connectivity index (χ2v) is 5.35. The van der Waals surface area contributed by atoms with Crippen LogP contribution in [0.2, 0.25) is 0 Å². The molecule has 2 aromatic rings. The van der Waals surface area contributed by atoms with Crippen LogP contribution in [0.1, 0.15) is 25.1 Å². The van der Waals surface area contributed by atoms with Crippen LogP contribution in [0, 0.1) is 18.7 Å². The molecule has 1 aromatic carbocycles. The van der Waals surface area contributed by atoms with E-state index >= 15 is 0 Å². The standard InChI is InChI=1S/C16H20FN3O/c1-11(2)8-18-9-13-10-19-16(20-12(13)3)21-15-6-4-5-14(17)7-15/h4-7,10-11,18H,8-9H2,1-3H3. The van der Waals surface area contributed by atoms with E-state index < -0.39 is 0 Å². The zero-order valence-corrected chi connectivity index (χ0v) is 12.6. The normalized spacial score (nSPS) is 10.9. The van der Waals surface area contributed by atoms with E-state index in [1.807, 2.05) is 6.92 Å². The molecular formula is C16H20FN3O. The average molecular weight is 289 g/mol. The molecular weight excluding hydrogens is 269 g/mol. The van der Waals surface area contributed by atoms with Crippen molar-refractivity contribution >= 4 is 0 Å². The Morgan fingerprint density at radius 3 is 2.81 bits per heavy atom. The van der Waals surface area contributed by atoms with Gasteiger partial charge in [-0.25, -0.2) is 9.37 Å². The third-order valence-corrected chi connectivity index (χ3v) is 2.93. The van der Waals surface area contributed by atoms with E-state index in [9.17, 15) is 4.39 Å². The molecule has 0 radical (unpaired) electrons. The first kappa shape index (κ1) is 15.4. The SMILES string of the molecule is Cc1nc(Oc2cccc(F)c2)ncc1CNCC(C)C. The van der Waals surface area contributed by atoms with Crippen LogP contribution in [0.5, 0.6) is 11.8 Å². The molecule has 0 amide bonds. The second kappa shape index (κ2) is 7.13. The lowest BCUT2D eigenvalue weighted by Gasteiger charge is -2.10. The average Bonchev–Trinajstić information content (AvgIpc) is 2.41. The number of halogens is 1. The van der Waals surface area contributed by atoms with Crippen molar-refractivity contribution in [2.24, 2.45) is 5.92 Å². The van der Waals surface area contributed by atoms with Gasteiger partial charge in [0.15, 0.2) is 0 Å². The monoisotopic (exact) mass is 289 g/mol. The van der Waals surface area contributed by atoms with E-state index in [4.69, 9.17) is 4.74 Å². The van der Waals surface area contributed by atoms with Gasteiger partial charge < -0.3 is 10.1 Å². The van der Waals surface area contributed by atoms with E-state index in [0.717, 1.165) is 24.3 Å². The van der Waals surface area contributed by atoms with Gasteiger partial charge in [0, 0.05) is 30.1 Å². The van der Waals surface area contributed by atoms with Gasteiger partial charge in [0.25, 0.3) is 0 Å². The summed E-state index contributed by atoms with van der Waals surface area (Å²) in [6, 6.07) is 6.15. The highest BCUT2D eigenvalue weighted by molar-refractivity contribution is 5.26. The Morgan fingerprint density at radius 1 is 1.33 bits per heavy atom. The van der Waals surface area contributed by atoms with Crippen LogP contribution in [0.3, 0.4) is 0 Å². The summed E-state index contributed by atoms with van der Waals surface area (Å²) >= 11 is 0. The summed E-state index contributed by atoms with van der Waals surface area (Å²) in [6.45, 7) is 7.90. The number of hydrogen-bond donors (Lipinski definition) is 1. The fourth-order valence-electron chi connectivity index (χ4n) is 1.82. The van der Waals surface area contributed by atoms with Crippen molar-refractivity contribution in [3.05, 3.63) is 47.5 Å². The van der Waals surface area contributed by atoms with E-state index in [0.29, 0.717) is 11.7 Å².